The Balaban J connectivity index is 2.12. The molecule has 102 valence electrons. The molecule has 0 aromatic heterocycles. The minimum Gasteiger partial charge on any atom is -0.480 e. The van der Waals surface area contributed by atoms with Crippen molar-refractivity contribution in [3.63, 3.8) is 0 Å². The summed E-state index contributed by atoms with van der Waals surface area (Å²) in [6.45, 7) is 0.385. The molecule has 1 heterocycles. The first-order valence-electron chi connectivity index (χ1n) is 5.74. The fraction of sp³-hybridized carbons (Fsp3) is 0.333. The van der Waals surface area contributed by atoms with Crippen molar-refractivity contribution in [1.82, 2.24) is 4.90 Å². The first-order valence-corrected chi connectivity index (χ1v) is 6.54. The monoisotopic (exact) mass is 330 g/mol. The van der Waals surface area contributed by atoms with E-state index >= 15 is 0 Å². The summed E-state index contributed by atoms with van der Waals surface area (Å²) in [5.74, 6) is -1.50. The van der Waals surface area contributed by atoms with E-state index < -0.39 is 23.9 Å². The Labute approximate surface area is 117 Å². The molecule has 0 unspecified atom stereocenters. The molecule has 0 aliphatic carbocycles. The van der Waals surface area contributed by atoms with Crippen LogP contribution in [0.5, 0.6) is 0 Å². The highest BCUT2D eigenvalue weighted by molar-refractivity contribution is 9.10. The summed E-state index contributed by atoms with van der Waals surface area (Å²) >= 11 is 3.20. The highest BCUT2D eigenvalue weighted by Gasteiger charge is 2.34. The summed E-state index contributed by atoms with van der Waals surface area (Å²) < 4.78 is 13.6. The van der Waals surface area contributed by atoms with E-state index in [9.17, 15) is 14.0 Å². The summed E-state index contributed by atoms with van der Waals surface area (Å²) in [5, 5.41) is 11.5. The molecule has 19 heavy (non-hydrogen) atoms. The van der Waals surface area contributed by atoms with Gasteiger partial charge in [0.25, 0.3) is 0 Å². The van der Waals surface area contributed by atoms with Gasteiger partial charge in [0.05, 0.1) is 5.69 Å². The van der Waals surface area contributed by atoms with Crippen LogP contribution in [0.25, 0.3) is 0 Å². The molecule has 0 radical (unpaired) electrons. The largest absolute Gasteiger partial charge is 0.480 e. The van der Waals surface area contributed by atoms with E-state index in [4.69, 9.17) is 5.11 Å². The molecule has 1 saturated heterocycles. The second-order valence-electron chi connectivity index (χ2n) is 4.24. The molecule has 1 aromatic rings. The first kappa shape index (κ1) is 13.8. The van der Waals surface area contributed by atoms with Crippen LogP contribution in [-0.2, 0) is 4.79 Å². The van der Waals surface area contributed by atoms with Gasteiger partial charge in [-0.25, -0.2) is 14.0 Å². The van der Waals surface area contributed by atoms with Crippen molar-refractivity contribution >= 4 is 33.6 Å². The normalized spacial score (nSPS) is 18.4. The van der Waals surface area contributed by atoms with Gasteiger partial charge in [0.2, 0.25) is 0 Å². The minimum atomic E-state index is -1.02. The van der Waals surface area contributed by atoms with Crippen LogP contribution in [0.15, 0.2) is 22.7 Å². The van der Waals surface area contributed by atoms with Crippen molar-refractivity contribution in [3.05, 3.63) is 28.5 Å². The Morgan fingerprint density at radius 3 is 2.89 bits per heavy atom. The van der Waals surface area contributed by atoms with Crippen molar-refractivity contribution < 1.29 is 19.1 Å². The fourth-order valence-corrected chi connectivity index (χ4v) is 2.39. The third-order valence-corrected chi connectivity index (χ3v) is 3.66. The zero-order valence-corrected chi connectivity index (χ0v) is 11.5. The van der Waals surface area contributed by atoms with Gasteiger partial charge in [-0.05, 0) is 47.0 Å². The predicted molar refractivity (Wildman–Crippen MR) is 70.5 cm³/mol. The van der Waals surface area contributed by atoms with Gasteiger partial charge in [-0.2, -0.15) is 0 Å². The summed E-state index contributed by atoms with van der Waals surface area (Å²) in [6.07, 6.45) is 1.09. The number of rotatable bonds is 2. The minimum absolute atomic E-state index is 0.279. The zero-order chi connectivity index (χ0) is 14.0. The lowest BCUT2D eigenvalue weighted by Gasteiger charge is -2.22. The summed E-state index contributed by atoms with van der Waals surface area (Å²) in [5.41, 5.74) is 0.279. The van der Waals surface area contributed by atoms with Crippen LogP contribution >= 0.6 is 15.9 Å². The average Bonchev–Trinajstić information content (AvgIpc) is 2.83. The number of benzene rings is 1. The average molecular weight is 331 g/mol. The molecule has 2 rings (SSSR count). The third kappa shape index (κ3) is 3.04. The smallest absolute Gasteiger partial charge is 0.326 e. The molecule has 1 aromatic carbocycles. The Morgan fingerprint density at radius 1 is 1.47 bits per heavy atom. The van der Waals surface area contributed by atoms with Crippen LogP contribution in [0, 0.1) is 5.82 Å². The maximum atomic E-state index is 13.1. The van der Waals surface area contributed by atoms with Gasteiger partial charge in [0, 0.05) is 11.0 Å². The molecule has 1 aliphatic rings. The molecule has 2 amide bonds. The predicted octanol–water partition coefficient (Wildman–Crippen LogP) is 2.67. The van der Waals surface area contributed by atoms with E-state index in [0.717, 1.165) is 0 Å². The SMILES string of the molecule is O=C(O)[C@@H]1CCCN1C(=O)Nc1cc(F)ccc1Br. The number of carboxylic acid groups (broad SMARTS) is 1. The Morgan fingerprint density at radius 2 is 2.21 bits per heavy atom. The molecular formula is C12H12BrFN2O3. The van der Waals surface area contributed by atoms with Crippen LogP contribution in [0.2, 0.25) is 0 Å². The second-order valence-corrected chi connectivity index (χ2v) is 5.10. The molecule has 7 heteroatoms. The van der Waals surface area contributed by atoms with Crippen LogP contribution in [0.3, 0.4) is 0 Å². The highest BCUT2D eigenvalue weighted by Crippen LogP contribution is 2.25. The van der Waals surface area contributed by atoms with E-state index in [2.05, 4.69) is 21.2 Å². The number of halogens is 2. The van der Waals surface area contributed by atoms with Crippen molar-refractivity contribution in [1.29, 1.82) is 0 Å². The van der Waals surface area contributed by atoms with E-state index in [1.807, 2.05) is 0 Å². The molecule has 1 fully saturated rings. The van der Waals surface area contributed by atoms with Crippen LogP contribution in [0.4, 0.5) is 14.9 Å². The van der Waals surface area contributed by atoms with Crippen LogP contribution in [0.1, 0.15) is 12.8 Å². The van der Waals surface area contributed by atoms with Gasteiger partial charge in [0.1, 0.15) is 11.9 Å². The number of urea groups is 1. The second kappa shape index (κ2) is 5.56. The maximum absolute atomic E-state index is 13.1. The number of carbonyl (C=O) groups excluding carboxylic acids is 1. The van der Waals surface area contributed by atoms with Crippen LogP contribution in [-0.4, -0.2) is 34.6 Å². The molecule has 0 spiro atoms. The molecule has 1 atom stereocenters. The van der Waals surface area contributed by atoms with Gasteiger partial charge < -0.3 is 15.3 Å². The number of anilines is 1. The number of nitrogens with one attached hydrogen (secondary N) is 1. The number of amides is 2. The number of nitrogens with zero attached hydrogens (tertiary/aromatic N) is 1. The Bertz CT molecular complexity index is 524. The number of hydrogen-bond donors (Lipinski definition) is 2. The quantitative estimate of drug-likeness (QED) is 0.875. The van der Waals surface area contributed by atoms with Crippen molar-refractivity contribution in [2.75, 3.05) is 11.9 Å². The van der Waals surface area contributed by atoms with E-state index in [0.29, 0.717) is 23.9 Å². The fourth-order valence-electron chi connectivity index (χ4n) is 2.05. The van der Waals surface area contributed by atoms with Gasteiger partial charge >= 0.3 is 12.0 Å². The van der Waals surface area contributed by atoms with Crippen molar-refractivity contribution in [2.24, 2.45) is 0 Å². The van der Waals surface area contributed by atoms with Crippen molar-refractivity contribution in [3.8, 4) is 0 Å². The Kier molecular flexibility index (Phi) is 4.04. The number of carbonyl (C=O) groups is 2. The number of hydrogen-bond acceptors (Lipinski definition) is 2. The standard InChI is InChI=1S/C12H12BrFN2O3/c13-8-4-3-7(14)6-9(8)15-12(19)16-5-1-2-10(16)11(17)18/h3-4,6,10H,1-2,5H2,(H,15,19)(H,17,18)/t10-/m0/s1. The van der Waals surface area contributed by atoms with Gasteiger partial charge in [-0.3, -0.25) is 0 Å². The lowest BCUT2D eigenvalue weighted by atomic mass is 10.2. The lowest BCUT2D eigenvalue weighted by molar-refractivity contribution is -0.141. The molecule has 1 aliphatic heterocycles. The molecular weight excluding hydrogens is 319 g/mol. The molecule has 0 bridgehead atoms. The molecule has 0 saturated carbocycles. The number of aliphatic carboxylic acids is 1. The van der Waals surface area contributed by atoms with Crippen molar-refractivity contribution in [2.45, 2.75) is 18.9 Å². The summed E-state index contributed by atoms with van der Waals surface area (Å²) in [4.78, 5) is 24.2. The van der Waals surface area contributed by atoms with Gasteiger partial charge in [0.15, 0.2) is 0 Å². The summed E-state index contributed by atoms with van der Waals surface area (Å²) in [6, 6.07) is 2.57. The van der Waals surface area contributed by atoms with Crippen LogP contribution < -0.4 is 5.32 Å². The topological polar surface area (TPSA) is 69.6 Å². The zero-order valence-electron chi connectivity index (χ0n) is 9.90. The molecule has 2 N–H and O–H groups in total. The van der Waals surface area contributed by atoms with E-state index in [1.165, 1.54) is 23.1 Å². The summed E-state index contributed by atoms with van der Waals surface area (Å²) in [7, 11) is 0. The highest BCUT2D eigenvalue weighted by atomic mass is 79.9. The molecule has 5 nitrogen and oxygen atoms in total. The maximum Gasteiger partial charge on any atom is 0.326 e. The lowest BCUT2D eigenvalue weighted by Crippen LogP contribution is -2.42. The van der Waals surface area contributed by atoms with Gasteiger partial charge in [-0.1, -0.05) is 0 Å². The van der Waals surface area contributed by atoms with Gasteiger partial charge in [-0.15, -0.1) is 0 Å². The van der Waals surface area contributed by atoms with E-state index in [1.54, 1.807) is 0 Å². The number of likely N-dealkylation sites (tertiary alicyclic amines) is 1. The first-order chi connectivity index (χ1) is 8.99. The Hall–Kier alpha value is -1.63. The van der Waals surface area contributed by atoms with E-state index in [-0.39, 0.29) is 5.69 Å². The number of carboxylic acids is 1. The third-order valence-electron chi connectivity index (χ3n) is 2.97.